The molecule has 1 saturated heterocycles. The van der Waals surface area contributed by atoms with Crippen LogP contribution < -0.4 is 4.90 Å². The van der Waals surface area contributed by atoms with Gasteiger partial charge in [-0.2, -0.15) is 0 Å². The van der Waals surface area contributed by atoms with Crippen LogP contribution in [-0.4, -0.2) is 47.0 Å². The van der Waals surface area contributed by atoms with Gasteiger partial charge >= 0.3 is 0 Å². The van der Waals surface area contributed by atoms with E-state index in [0.717, 1.165) is 49.1 Å². The number of amides is 1. The molecule has 1 amide bonds. The Hall–Kier alpha value is -1.69. The number of thiophene rings is 1. The van der Waals surface area contributed by atoms with Crippen LogP contribution in [0.15, 0.2) is 0 Å². The van der Waals surface area contributed by atoms with Crippen LogP contribution in [0, 0.1) is 12.3 Å². The summed E-state index contributed by atoms with van der Waals surface area (Å²) in [6.07, 6.45) is 3.58. The molecule has 4 rings (SSSR count). The van der Waals surface area contributed by atoms with Gasteiger partial charge in [-0.1, -0.05) is 20.8 Å². The van der Waals surface area contributed by atoms with Crippen molar-refractivity contribution in [1.29, 1.82) is 0 Å². The van der Waals surface area contributed by atoms with Crippen molar-refractivity contribution in [2.24, 2.45) is 5.41 Å². The molecule has 2 aliphatic rings. The number of anilines is 1. The van der Waals surface area contributed by atoms with E-state index in [2.05, 4.69) is 9.88 Å². The largest absolute Gasteiger partial charge is 0.352 e. The molecule has 134 valence electrons. The van der Waals surface area contributed by atoms with Crippen molar-refractivity contribution in [2.75, 3.05) is 31.1 Å². The summed E-state index contributed by atoms with van der Waals surface area (Å²) in [6.45, 7) is 11.2. The molecule has 0 radical (unpaired) electrons. The molecule has 0 unspecified atom stereocenters. The van der Waals surface area contributed by atoms with Gasteiger partial charge in [0.1, 0.15) is 16.5 Å². The number of fused-ring (bicyclic) bond motifs is 3. The van der Waals surface area contributed by atoms with E-state index >= 15 is 0 Å². The number of carbonyl (C=O) groups is 1. The second-order valence-corrected chi connectivity index (χ2v) is 9.24. The van der Waals surface area contributed by atoms with Crippen LogP contribution in [0.3, 0.4) is 0 Å². The lowest BCUT2D eigenvalue weighted by atomic mass is 9.94. The summed E-state index contributed by atoms with van der Waals surface area (Å²) in [5.41, 5.74) is 1.16. The van der Waals surface area contributed by atoms with Crippen LogP contribution in [0.2, 0.25) is 0 Å². The van der Waals surface area contributed by atoms with Crippen molar-refractivity contribution in [1.82, 2.24) is 14.9 Å². The monoisotopic (exact) mass is 358 g/mol. The second kappa shape index (κ2) is 5.94. The summed E-state index contributed by atoms with van der Waals surface area (Å²) in [5.74, 6) is 2.17. The fraction of sp³-hybridized carbons (Fsp3) is 0.632. The molecule has 0 spiro atoms. The minimum absolute atomic E-state index is 0.243. The van der Waals surface area contributed by atoms with Crippen molar-refractivity contribution < 1.29 is 4.79 Å². The first-order valence-corrected chi connectivity index (χ1v) is 9.99. The van der Waals surface area contributed by atoms with Gasteiger partial charge in [0.2, 0.25) is 5.91 Å². The average Bonchev–Trinajstić information content (AvgIpc) is 3.13. The van der Waals surface area contributed by atoms with E-state index in [0.29, 0.717) is 0 Å². The van der Waals surface area contributed by atoms with Crippen molar-refractivity contribution in [3.05, 3.63) is 16.3 Å². The first kappa shape index (κ1) is 16.8. The lowest BCUT2D eigenvalue weighted by Gasteiger charge is -2.38. The summed E-state index contributed by atoms with van der Waals surface area (Å²) < 4.78 is 0. The molecule has 0 saturated carbocycles. The Balaban J connectivity index is 1.62. The van der Waals surface area contributed by atoms with Crippen molar-refractivity contribution >= 4 is 33.3 Å². The molecule has 2 aromatic heterocycles. The lowest BCUT2D eigenvalue weighted by Crippen LogP contribution is -2.52. The van der Waals surface area contributed by atoms with E-state index in [1.54, 1.807) is 0 Å². The molecule has 5 nitrogen and oxygen atoms in total. The zero-order chi connectivity index (χ0) is 17.8. The van der Waals surface area contributed by atoms with Crippen LogP contribution in [0.1, 0.15) is 43.5 Å². The molecular weight excluding hydrogens is 332 g/mol. The number of hydrogen-bond donors (Lipinski definition) is 0. The Bertz CT molecular complexity index is 828. The van der Waals surface area contributed by atoms with Gasteiger partial charge in [0.15, 0.2) is 0 Å². The second-order valence-electron chi connectivity index (χ2n) is 8.16. The maximum atomic E-state index is 12.5. The summed E-state index contributed by atoms with van der Waals surface area (Å²) in [4.78, 5) is 29.0. The lowest BCUT2D eigenvalue weighted by molar-refractivity contribution is -0.139. The van der Waals surface area contributed by atoms with Crippen LogP contribution in [0.5, 0.6) is 0 Å². The number of aromatic nitrogens is 2. The van der Waals surface area contributed by atoms with E-state index in [-0.39, 0.29) is 11.3 Å². The number of piperazine rings is 1. The normalized spacial score (nSPS) is 18.1. The zero-order valence-corrected chi connectivity index (χ0v) is 16.4. The van der Waals surface area contributed by atoms with Gasteiger partial charge in [0.25, 0.3) is 0 Å². The maximum Gasteiger partial charge on any atom is 0.228 e. The molecule has 1 fully saturated rings. The molecule has 0 N–H and O–H groups in total. The molecule has 0 atom stereocenters. The summed E-state index contributed by atoms with van der Waals surface area (Å²) in [7, 11) is 0. The van der Waals surface area contributed by atoms with Gasteiger partial charge in [-0.05, 0) is 31.7 Å². The standard InChI is InChI=1S/C19H26N4OS/c1-12-20-16(15-13-6-5-7-14(13)25-17(15)21-12)22-8-10-23(11-9-22)18(24)19(2,3)4/h5-11H2,1-4H3. The Morgan fingerprint density at radius 1 is 1.08 bits per heavy atom. The highest BCUT2D eigenvalue weighted by atomic mass is 32.1. The Labute approximate surface area is 153 Å². The van der Waals surface area contributed by atoms with Gasteiger partial charge in [-0.3, -0.25) is 4.79 Å². The Kier molecular flexibility index (Phi) is 3.98. The highest BCUT2D eigenvalue weighted by Crippen LogP contribution is 2.40. The van der Waals surface area contributed by atoms with Crippen LogP contribution in [0.25, 0.3) is 10.2 Å². The van der Waals surface area contributed by atoms with E-state index < -0.39 is 0 Å². The fourth-order valence-electron chi connectivity index (χ4n) is 3.90. The molecule has 1 aliphatic heterocycles. The van der Waals surface area contributed by atoms with Gasteiger partial charge in [0.05, 0.1) is 5.39 Å². The molecular formula is C19H26N4OS. The quantitative estimate of drug-likeness (QED) is 0.786. The maximum absolute atomic E-state index is 12.5. The average molecular weight is 359 g/mol. The number of rotatable bonds is 1. The summed E-state index contributed by atoms with van der Waals surface area (Å²) in [6, 6.07) is 0. The van der Waals surface area contributed by atoms with E-state index in [9.17, 15) is 4.79 Å². The van der Waals surface area contributed by atoms with E-state index in [1.165, 1.54) is 28.7 Å². The van der Waals surface area contributed by atoms with Gasteiger partial charge in [0, 0.05) is 36.5 Å². The first-order chi connectivity index (χ1) is 11.8. The molecule has 6 heteroatoms. The van der Waals surface area contributed by atoms with E-state index in [4.69, 9.17) is 4.98 Å². The SMILES string of the molecule is Cc1nc(N2CCN(C(=O)C(C)(C)C)CC2)c2c3c(sc2n1)CCC3. The highest BCUT2D eigenvalue weighted by Gasteiger charge is 2.31. The third kappa shape index (κ3) is 2.90. The van der Waals surface area contributed by atoms with Gasteiger partial charge in [-0.15, -0.1) is 11.3 Å². The van der Waals surface area contributed by atoms with Crippen molar-refractivity contribution in [2.45, 2.75) is 47.0 Å². The molecule has 25 heavy (non-hydrogen) atoms. The molecule has 0 bridgehead atoms. The number of nitrogens with zero attached hydrogens (tertiary/aromatic N) is 4. The minimum Gasteiger partial charge on any atom is -0.352 e. The number of aryl methyl sites for hydroxylation is 3. The minimum atomic E-state index is -0.310. The molecule has 2 aromatic rings. The summed E-state index contributed by atoms with van der Waals surface area (Å²) in [5, 5.41) is 1.28. The Morgan fingerprint density at radius 3 is 2.48 bits per heavy atom. The number of carbonyl (C=O) groups excluding carboxylic acids is 1. The zero-order valence-electron chi connectivity index (χ0n) is 15.6. The third-order valence-corrected chi connectivity index (χ3v) is 6.35. The highest BCUT2D eigenvalue weighted by molar-refractivity contribution is 7.19. The van der Waals surface area contributed by atoms with Gasteiger partial charge in [-0.25, -0.2) is 9.97 Å². The van der Waals surface area contributed by atoms with Crippen LogP contribution >= 0.6 is 11.3 Å². The predicted molar refractivity (Wildman–Crippen MR) is 102 cm³/mol. The molecule has 1 aliphatic carbocycles. The predicted octanol–water partition coefficient (Wildman–Crippen LogP) is 3.18. The smallest absolute Gasteiger partial charge is 0.228 e. The van der Waals surface area contributed by atoms with Crippen molar-refractivity contribution in [3.8, 4) is 0 Å². The van der Waals surface area contributed by atoms with Crippen molar-refractivity contribution in [3.63, 3.8) is 0 Å². The fourth-order valence-corrected chi connectivity index (χ4v) is 5.21. The third-order valence-electron chi connectivity index (χ3n) is 5.17. The first-order valence-electron chi connectivity index (χ1n) is 9.18. The number of hydrogen-bond acceptors (Lipinski definition) is 5. The molecule has 0 aromatic carbocycles. The Morgan fingerprint density at radius 2 is 1.80 bits per heavy atom. The topological polar surface area (TPSA) is 49.3 Å². The van der Waals surface area contributed by atoms with Gasteiger partial charge < -0.3 is 9.80 Å². The molecule has 3 heterocycles. The van der Waals surface area contributed by atoms with Crippen LogP contribution in [0.4, 0.5) is 5.82 Å². The van der Waals surface area contributed by atoms with E-state index in [1.807, 2.05) is 43.9 Å². The van der Waals surface area contributed by atoms with Crippen LogP contribution in [-0.2, 0) is 17.6 Å². The summed E-state index contributed by atoms with van der Waals surface area (Å²) >= 11 is 1.85.